The highest BCUT2D eigenvalue weighted by molar-refractivity contribution is 6.39. The average molecular weight is 492 g/mol. The molecule has 8 atom stereocenters. The van der Waals surface area contributed by atoms with Gasteiger partial charge < -0.3 is 30.9 Å². The number of amides is 2. The van der Waals surface area contributed by atoms with E-state index in [1.807, 2.05) is 12.3 Å². The first kappa shape index (κ1) is 21.3. The number of nitrogens with zero attached hydrogens (tertiary/aromatic N) is 3. The van der Waals surface area contributed by atoms with Gasteiger partial charge in [0.25, 0.3) is 0 Å². The van der Waals surface area contributed by atoms with E-state index in [1.165, 1.54) is 0 Å². The molecule has 7 aliphatic rings. The summed E-state index contributed by atoms with van der Waals surface area (Å²) in [5.41, 5.74) is 2.46. The molecule has 2 saturated heterocycles. The summed E-state index contributed by atoms with van der Waals surface area (Å²) in [7, 11) is 0. The molecule has 10 nitrogen and oxygen atoms in total. The number of aliphatic hydroxyl groups is 1. The van der Waals surface area contributed by atoms with E-state index in [-0.39, 0.29) is 12.1 Å². The van der Waals surface area contributed by atoms with Gasteiger partial charge in [0.05, 0.1) is 17.3 Å². The van der Waals surface area contributed by atoms with Crippen molar-refractivity contribution in [3.63, 3.8) is 0 Å². The summed E-state index contributed by atoms with van der Waals surface area (Å²) >= 11 is 0. The van der Waals surface area contributed by atoms with Crippen LogP contribution in [0.2, 0.25) is 0 Å². The van der Waals surface area contributed by atoms with Gasteiger partial charge in [0.15, 0.2) is 5.82 Å². The SMILES string of the molecule is O=C(Nc1nn(C2[C@@H]3CC4C[C@H]2CC(O)(C4)C3)c2c1CNc1[nH]ccc1-2)C(=O)NC1CN2CC[C@@H]1C2. The van der Waals surface area contributed by atoms with Crippen LogP contribution in [0.5, 0.6) is 0 Å². The largest absolute Gasteiger partial charge is 0.390 e. The molecule has 10 heteroatoms. The predicted octanol–water partition coefficient (Wildman–Crippen LogP) is 1.67. The zero-order chi connectivity index (χ0) is 24.2. The fourth-order valence-electron chi connectivity index (χ4n) is 8.83. The maximum absolute atomic E-state index is 13.0. The normalized spacial score (nSPS) is 39.0. The minimum absolute atomic E-state index is 0.0476. The lowest BCUT2D eigenvalue weighted by Gasteiger charge is -2.58. The Balaban J connectivity index is 1.11. The van der Waals surface area contributed by atoms with Crippen LogP contribution < -0.4 is 16.0 Å². The smallest absolute Gasteiger partial charge is 0.314 e. The highest BCUT2D eigenvalue weighted by Crippen LogP contribution is 2.60. The van der Waals surface area contributed by atoms with E-state index in [0.29, 0.717) is 36.0 Å². The summed E-state index contributed by atoms with van der Waals surface area (Å²) in [5.74, 6) is 1.98. The number of nitrogens with one attached hydrogen (secondary N) is 4. The summed E-state index contributed by atoms with van der Waals surface area (Å²) in [6.07, 6.45) is 7.82. The molecule has 4 saturated carbocycles. The minimum Gasteiger partial charge on any atom is -0.390 e. The molecule has 0 aromatic carbocycles. The van der Waals surface area contributed by atoms with Gasteiger partial charge in [0.1, 0.15) is 5.82 Å². The topological polar surface area (TPSA) is 127 Å². The second-order valence-corrected chi connectivity index (χ2v) is 12.3. The number of carbonyl (C=O) groups is 2. The first-order valence-electron chi connectivity index (χ1n) is 13.5. The van der Waals surface area contributed by atoms with Gasteiger partial charge in [0, 0.05) is 43.0 Å². The molecule has 9 rings (SSSR count). The Morgan fingerprint density at radius 1 is 1.11 bits per heavy atom. The number of piperidine rings is 1. The number of rotatable bonds is 3. The van der Waals surface area contributed by atoms with Gasteiger partial charge in [-0.2, -0.15) is 5.10 Å². The Kier molecular flexibility index (Phi) is 4.34. The summed E-state index contributed by atoms with van der Waals surface area (Å²) < 4.78 is 2.13. The minimum atomic E-state index is -0.653. The van der Waals surface area contributed by atoms with Crippen LogP contribution in [0, 0.1) is 23.7 Å². The van der Waals surface area contributed by atoms with E-state index in [2.05, 4.69) is 30.5 Å². The van der Waals surface area contributed by atoms with Gasteiger partial charge in [-0.1, -0.05) is 0 Å². The van der Waals surface area contributed by atoms with Crippen molar-refractivity contribution in [3.8, 4) is 11.3 Å². The molecule has 3 aliphatic heterocycles. The zero-order valence-corrected chi connectivity index (χ0v) is 20.3. The van der Waals surface area contributed by atoms with Crippen LogP contribution in [-0.4, -0.2) is 67.9 Å². The molecule has 4 aliphatic carbocycles. The summed E-state index contributed by atoms with van der Waals surface area (Å²) in [5, 5.41) is 25.3. The van der Waals surface area contributed by atoms with Crippen molar-refractivity contribution in [1.29, 1.82) is 0 Å². The summed E-state index contributed by atoms with van der Waals surface area (Å²) in [4.78, 5) is 31.5. The molecule has 36 heavy (non-hydrogen) atoms. The standard InChI is InChI=1S/C26H33N7O3/c34-24(29-19-12-32-4-2-14(19)11-32)25(35)30-23-18-10-28-22-17(1-3-27-22)21(18)33(31-23)20-15-5-13-6-16(20)9-26(36,7-13)8-15/h1,3,13-16,19-20,27-28,36H,2,4-12H2,(H,29,34)(H,30,31,35)/t13?,14-,15-,16+,19?,20?,26?/m1/s1. The van der Waals surface area contributed by atoms with Crippen LogP contribution in [-0.2, 0) is 16.1 Å². The van der Waals surface area contributed by atoms with Crippen molar-refractivity contribution in [2.75, 3.05) is 30.3 Å². The first-order valence-corrected chi connectivity index (χ1v) is 13.5. The number of fused-ring (bicyclic) bond motifs is 5. The molecule has 5 heterocycles. The van der Waals surface area contributed by atoms with Crippen molar-refractivity contribution in [2.45, 2.75) is 62.8 Å². The van der Waals surface area contributed by atoms with Crippen LogP contribution >= 0.6 is 0 Å². The van der Waals surface area contributed by atoms with Crippen LogP contribution in [0.3, 0.4) is 0 Å². The molecule has 0 radical (unpaired) electrons. The number of carbonyl (C=O) groups excluding carboxylic acids is 2. The number of hydrogen-bond donors (Lipinski definition) is 5. The predicted molar refractivity (Wildman–Crippen MR) is 132 cm³/mol. The Hall–Kier alpha value is -2.85. The maximum Gasteiger partial charge on any atom is 0.314 e. The van der Waals surface area contributed by atoms with Gasteiger partial charge in [-0.05, 0) is 74.8 Å². The van der Waals surface area contributed by atoms with Crippen LogP contribution in [0.15, 0.2) is 12.3 Å². The van der Waals surface area contributed by atoms with Crippen LogP contribution in [0.25, 0.3) is 11.3 Å². The third-order valence-electron chi connectivity index (χ3n) is 10.0. The lowest BCUT2D eigenvalue weighted by molar-refractivity contribution is -0.148. The second kappa shape index (κ2) is 7.35. The monoisotopic (exact) mass is 491 g/mol. The molecular weight excluding hydrogens is 458 g/mol. The number of aromatic nitrogens is 3. The highest BCUT2D eigenvalue weighted by atomic mass is 16.3. The first-order chi connectivity index (χ1) is 17.4. The van der Waals surface area contributed by atoms with Gasteiger partial charge in [-0.3, -0.25) is 14.3 Å². The number of hydrogen-bond acceptors (Lipinski definition) is 6. The van der Waals surface area contributed by atoms with Gasteiger partial charge in [0.2, 0.25) is 0 Å². The molecule has 5 unspecified atom stereocenters. The molecule has 2 aromatic rings. The quantitative estimate of drug-likeness (QED) is 0.416. The molecule has 6 fully saturated rings. The maximum atomic E-state index is 13.0. The van der Waals surface area contributed by atoms with Gasteiger partial charge >= 0.3 is 11.8 Å². The lowest BCUT2D eigenvalue weighted by Crippen LogP contribution is -2.55. The molecule has 0 spiro atoms. The van der Waals surface area contributed by atoms with Gasteiger partial charge in [-0.15, -0.1) is 0 Å². The lowest BCUT2D eigenvalue weighted by atomic mass is 9.52. The van der Waals surface area contributed by atoms with Crippen LogP contribution in [0.4, 0.5) is 11.6 Å². The molecule has 2 amide bonds. The summed E-state index contributed by atoms with van der Waals surface area (Å²) in [6.45, 7) is 3.44. The fourth-order valence-corrected chi connectivity index (χ4v) is 8.83. The highest BCUT2D eigenvalue weighted by Gasteiger charge is 2.56. The Morgan fingerprint density at radius 3 is 2.67 bits per heavy atom. The summed E-state index contributed by atoms with van der Waals surface area (Å²) in [6, 6.07) is 2.29. The number of H-pyrrole nitrogens is 1. The van der Waals surface area contributed by atoms with Gasteiger partial charge in [-0.25, -0.2) is 0 Å². The molecule has 190 valence electrons. The van der Waals surface area contributed by atoms with E-state index in [9.17, 15) is 14.7 Å². The number of aromatic amines is 1. The van der Waals surface area contributed by atoms with Crippen molar-refractivity contribution in [1.82, 2.24) is 25.0 Å². The molecule has 6 bridgehead atoms. The molecule has 5 N–H and O–H groups in total. The molecule has 2 aromatic heterocycles. The fraction of sp³-hybridized carbons (Fsp3) is 0.654. The van der Waals surface area contributed by atoms with Crippen molar-refractivity contribution < 1.29 is 14.7 Å². The van der Waals surface area contributed by atoms with E-state index in [4.69, 9.17) is 5.10 Å². The van der Waals surface area contributed by atoms with E-state index >= 15 is 0 Å². The van der Waals surface area contributed by atoms with E-state index in [0.717, 1.165) is 80.8 Å². The Bertz CT molecular complexity index is 1250. The Labute approximate surface area is 209 Å². The third-order valence-corrected chi connectivity index (χ3v) is 10.0. The zero-order valence-electron chi connectivity index (χ0n) is 20.3. The van der Waals surface area contributed by atoms with E-state index in [1.54, 1.807) is 0 Å². The molecular formula is C26H33N7O3. The van der Waals surface area contributed by atoms with Crippen molar-refractivity contribution in [3.05, 3.63) is 17.8 Å². The Morgan fingerprint density at radius 2 is 1.94 bits per heavy atom. The number of anilines is 2. The van der Waals surface area contributed by atoms with Crippen molar-refractivity contribution in [2.24, 2.45) is 23.7 Å². The second-order valence-electron chi connectivity index (χ2n) is 12.3. The van der Waals surface area contributed by atoms with E-state index < -0.39 is 17.4 Å². The van der Waals surface area contributed by atoms with Crippen LogP contribution in [0.1, 0.15) is 50.1 Å². The van der Waals surface area contributed by atoms with Crippen molar-refractivity contribution >= 4 is 23.5 Å². The average Bonchev–Trinajstić information content (AvgIpc) is 3.61. The third kappa shape index (κ3) is 3.06.